The Morgan fingerprint density at radius 2 is 2.00 bits per heavy atom. The minimum atomic E-state index is -0.476. The number of carbonyl (C=O) groups is 1. The average Bonchev–Trinajstić information content (AvgIpc) is 3.06. The van der Waals surface area contributed by atoms with Gasteiger partial charge >= 0.3 is 0 Å². The Balaban J connectivity index is 1.72. The highest BCUT2D eigenvalue weighted by Crippen LogP contribution is 2.29. The summed E-state index contributed by atoms with van der Waals surface area (Å²) in [6.45, 7) is 0. The molecule has 126 valence electrons. The van der Waals surface area contributed by atoms with Crippen molar-refractivity contribution >= 4 is 35.3 Å². The number of amides is 1. The van der Waals surface area contributed by atoms with E-state index in [9.17, 15) is 9.90 Å². The zero-order valence-electron chi connectivity index (χ0n) is 12.7. The molecule has 0 aliphatic heterocycles. The topological polar surface area (TPSA) is 90.4 Å². The second kappa shape index (κ2) is 7.38. The van der Waals surface area contributed by atoms with Gasteiger partial charge in [-0.3, -0.25) is 9.89 Å². The molecule has 0 bridgehead atoms. The van der Waals surface area contributed by atoms with Crippen LogP contribution in [-0.2, 0) is 0 Å². The van der Waals surface area contributed by atoms with Crippen molar-refractivity contribution in [1.82, 2.24) is 15.6 Å². The first kappa shape index (κ1) is 17.0. The van der Waals surface area contributed by atoms with Gasteiger partial charge in [0.2, 0.25) is 0 Å². The minimum absolute atomic E-state index is 0.0710. The number of hydrazone groups is 1. The number of hydrogen-bond acceptors (Lipinski definition) is 4. The third-order valence-electron chi connectivity index (χ3n) is 3.34. The number of carbonyl (C=O) groups excluding carboxylic acids is 1. The number of aromatic nitrogens is 2. The van der Waals surface area contributed by atoms with Gasteiger partial charge in [-0.15, -0.1) is 0 Å². The Morgan fingerprint density at radius 3 is 2.76 bits per heavy atom. The van der Waals surface area contributed by atoms with E-state index >= 15 is 0 Å². The van der Waals surface area contributed by atoms with Crippen LogP contribution in [0.3, 0.4) is 0 Å². The summed E-state index contributed by atoms with van der Waals surface area (Å²) in [6, 6.07) is 13.2. The summed E-state index contributed by atoms with van der Waals surface area (Å²) in [7, 11) is 0. The van der Waals surface area contributed by atoms with Gasteiger partial charge in [-0.1, -0.05) is 35.3 Å². The number of phenols is 1. The quantitative estimate of drug-likeness (QED) is 0.478. The molecule has 1 amide bonds. The van der Waals surface area contributed by atoms with E-state index in [1.54, 1.807) is 42.5 Å². The van der Waals surface area contributed by atoms with E-state index in [2.05, 4.69) is 20.7 Å². The molecule has 0 aliphatic carbocycles. The average molecular weight is 375 g/mol. The number of para-hydroxylation sites is 1. The fourth-order valence-corrected chi connectivity index (χ4v) is 2.60. The molecule has 2 aromatic carbocycles. The summed E-state index contributed by atoms with van der Waals surface area (Å²) in [4.78, 5) is 12.1. The first-order valence-electron chi connectivity index (χ1n) is 7.17. The molecule has 6 nitrogen and oxygen atoms in total. The van der Waals surface area contributed by atoms with E-state index < -0.39 is 5.91 Å². The van der Waals surface area contributed by atoms with E-state index in [1.807, 2.05) is 0 Å². The van der Waals surface area contributed by atoms with Crippen molar-refractivity contribution < 1.29 is 9.90 Å². The third-order valence-corrected chi connectivity index (χ3v) is 3.88. The number of halogens is 2. The van der Waals surface area contributed by atoms with Crippen LogP contribution in [0.5, 0.6) is 5.75 Å². The van der Waals surface area contributed by atoms with Crippen LogP contribution in [0.4, 0.5) is 0 Å². The zero-order valence-corrected chi connectivity index (χ0v) is 14.2. The number of benzene rings is 2. The van der Waals surface area contributed by atoms with Crippen LogP contribution in [0.15, 0.2) is 53.6 Å². The molecule has 0 fully saturated rings. The fourth-order valence-electron chi connectivity index (χ4n) is 2.09. The monoisotopic (exact) mass is 374 g/mol. The first-order valence-corrected chi connectivity index (χ1v) is 7.92. The van der Waals surface area contributed by atoms with Gasteiger partial charge in [-0.2, -0.15) is 10.2 Å². The van der Waals surface area contributed by atoms with Crippen LogP contribution in [-0.4, -0.2) is 27.4 Å². The van der Waals surface area contributed by atoms with Crippen molar-refractivity contribution in [3.05, 3.63) is 69.8 Å². The maximum absolute atomic E-state index is 12.1. The van der Waals surface area contributed by atoms with Crippen LogP contribution >= 0.6 is 23.2 Å². The van der Waals surface area contributed by atoms with E-state index in [4.69, 9.17) is 23.2 Å². The molecule has 0 saturated carbocycles. The molecule has 1 heterocycles. The number of nitrogens with zero attached hydrogens (tertiary/aromatic N) is 2. The summed E-state index contributed by atoms with van der Waals surface area (Å²) in [5, 5.41) is 21.1. The molecular formula is C17H12Cl2N4O2. The van der Waals surface area contributed by atoms with Gasteiger partial charge in [-0.25, -0.2) is 5.43 Å². The summed E-state index contributed by atoms with van der Waals surface area (Å²) in [5.41, 5.74) is 4.22. The maximum atomic E-state index is 12.1. The van der Waals surface area contributed by atoms with Crippen molar-refractivity contribution in [2.75, 3.05) is 0 Å². The van der Waals surface area contributed by atoms with E-state index in [0.717, 1.165) is 0 Å². The molecule has 0 atom stereocenters. The molecule has 3 aromatic rings. The van der Waals surface area contributed by atoms with Gasteiger partial charge in [0.1, 0.15) is 11.4 Å². The highest BCUT2D eigenvalue weighted by atomic mass is 35.5. The lowest BCUT2D eigenvalue weighted by Crippen LogP contribution is -2.18. The molecule has 8 heteroatoms. The Hall–Kier alpha value is -2.83. The first-order chi connectivity index (χ1) is 12.0. The maximum Gasteiger partial charge on any atom is 0.289 e. The highest BCUT2D eigenvalue weighted by Gasteiger charge is 2.12. The summed E-state index contributed by atoms with van der Waals surface area (Å²) < 4.78 is 0. The SMILES string of the molecule is O=C(N/N=C\c1ccccc1O)c1cc(-c2ccc(Cl)cc2Cl)n[nH]1. The number of aromatic amines is 1. The number of phenolic OH excluding ortho intramolecular Hbond substituents is 1. The lowest BCUT2D eigenvalue weighted by atomic mass is 10.1. The van der Waals surface area contributed by atoms with Crippen molar-refractivity contribution in [2.24, 2.45) is 5.10 Å². The van der Waals surface area contributed by atoms with Crippen molar-refractivity contribution in [3.63, 3.8) is 0 Å². The van der Waals surface area contributed by atoms with Crippen molar-refractivity contribution in [1.29, 1.82) is 0 Å². The van der Waals surface area contributed by atoms with Crippen LogP contribution in [0.2, 0.25) is 10.0 Å². The Kier molecular flexibility index (Phi) is 5.02. The standard InChI is InChI=1S/C17H12Cl2N4O2/c18-11-5-6-12(13(19)7-11)14-8-15(22-21-14)17(25)23-20-9-10-3-1-2-4-16(10)24/h1-9,24H,(H,21,22)(H,23,25)/b20-9-. The molecule has 0 aliphatic rings. The Labute approximate surface area is 153 Å². The Morgan fingerprint density at radius 1 is 1.20 bits per heavy atom. The van der Waals surface area contributed by atoms with Crippen LogP contribution < -0.4 is 5.43 Å². The van der Waals surface area contributed by atoms with Gasteiger partial charge < -0.3 is 5.11 Å². The molecule has 3 rings (SSSR count). The van der Waals surface area contributed by atoms with Crippen molar-refractivity contribution in [2.45, 2.75) is 0 Å². The molecular weight excluding hydrogens is 363 g/mol. The number of aromatic hydroxyl groups is 1. The van der Waals surface area contributed by atoms with Crippen LogP contribution in [0.1, 0.15) is 16.1 Å². The summed E-state index contributed by atoms with van der Waals surface area (Å²) in [6.07, 6.45) is 1.35. The molecule has 1 aromatic heterocycles. The van der Waals surface area contributed by atoms with Crippen molar-refractivity contribution in [3.8, 4) is 17.0 Å². The predicted octanol–water partition coefficient (Wildman–Crippen LogP) is 3.85. The number of hydrogen-bond donors (Lipinski definition) is 3. The smallest absolute Gasteiger partial charge is 0.289 e. The minimum Gasteiger partial charge on any atom is -0.507 e. The normalized spacial score (nSPS) is 11.0. The zero-order chi connectivity index (χ0) is 17.8. The van der Waals surface area contributed by atoms with Gasteiger partial charge in [0.05, 0.1) is 16.9 Å². The van der Waals surface area contributed by atoms with E-state index in [0.29, 0.717) is 26.9 Å². The second-order valence-electron chi connectivity index (χ2n) is 5.05. The highest BCUT2D eigenvalue weighted by molar-refractivity contribution is 6.36. The number of nitrogens with one attached hydrogen (secondary N) is 2. The lowest BCUT2D eigenvalue weighted by Gasteiger charge is -2.00. The predicted molar refractivity (Wildman–Crippen MR) is 97.2 cm³/mol. The van der Waals surface area contributed by atoms with Gasteiger partial charge in [0, 0.05) is 16.1 Å². The fraction of sp³-hybridized carbons (Fsp3) is 0. The van der Waals surface area contributed by atoms with Gasteiger partial charge in [0.15, 0.2) is 0 Å². The third kappa shape index (κ3) is 3.99. The number of H-pyrrole nitrogens is 1. The van der Waals surface area contributed by atoms with E-state index in [1.165, 1.54) is 12.3 Å². The molecule has 0 spiro atoms. The summed E-state index contributed by atoms with van der Waals surface area (Å²) >= 11 is 12.0. The molecule has 3 N–H and O–H groups in total. The van der Waals surface area contributed by atoms with Crippen LogP contribution in [0.25, 0.3) is 11.3 Å². The Bertz CT molecular complexity index is 953. The molecule has 25 heavy (non-hydrogen) atoms. The number of rotatable bonds is 4. The molecule has 0 radical (unpaired) electrons. The lowest BCUT2D eigenvalue weighted by molar-refractivity contribution is 0.0950. The summed E-state index contributed by atoms with van der Waals surface area (Å²) in [5.74, 6) is -0.405. The largest absolute Gasteiger partial charge is 0.507 e. The van der Waals surface area contributed by atoms with Gasteiger partial charge in [-0.05, 0) is 36.4 Å². The molecule has 0 unspecified atom stereocenters. The molecule has 0 saturated heterocycles. The van der Waals surface area contributed by atoms with Gasteiger partial charge in [0.25, 0.3) is 5.91 Å². The second-order valence-corrected chi connectivity index (χ2v) is 5.89. The van der Waals surface area contributed by atoms with Crippen LogP contribution in [0, 0.1) is 0 Å². The van der Waals surface area contributed by atoms with E-state index in [-0.39, 0.29) is 11.4 Å².